The third-order valence-corrected chi connectivity index (χ3v) is 5.01. The lowest BCUT2D eigenvalue weighted by atomic mass is 10.2. The van der Waals surface area contributed by atoms with Gasteiger partial charge in [-0.25, -0.2) is 4.98 Å². The Hall–Kier alpha value is -3.12. The zero-order valence-corrected chi connectivity index (χ0v) is 14.9. The second-order valence-corrected chi connectivity index (χ2v) is 6.84. The number of aromatic nitrogens is 2. The van der Waals surface area contributed by atoms with Gasteiger partial charge in [-0.3, -0.25) is 4.79 Å². The number of thiazole rings is 1. The Morgan fingerprint density at radius 3 is 2.50 bits per heavy atom. The molecule has 4 rings (SSSR count). The Kier molecular flexibility index (Phi) is 4.66. The van der Waals surface area contributed by atoms with Crippen LogP contribution in [0.15, 0.2) is 73.1 Å². The standard InChI is InChI=1S/C20H18N4OS/c25-19(15-7-9-16(10-8-15)24-13-3-4-14-24)21-11-12-22-20-23-17-5-1-2-6-18(17)26-20/h1-10,13-14H,11-12H2,(H,21,25)(H,22,23). The van der Waals surface area contributed by atoms with E-state index in [0.29, 0.717) is 18.7 Å². The lowest BCUT2D eigenvalue weighted by Gasteiger charge is -2.07. The lowest BCUT2D eigenvalue weighted by molar-refractivity contribution is 0.0955. The van der Waals surface area contributed by atoms with Crippen molar-refractivity contribution in [1.29, 1.82) is 0 Å². The molecule has 0 unspecified atom stereocenters. The van der Waals surface area contributed by atoms with Crippen molar-refractivity contribution in [1.82, 2.24) is 14.9 Å². The SMILES string of the molecule is O=C(NCCNc1nc2ccccc2s1)c1ccc(-n2cccc2)cc1. The molecule has 26 heavy (non-hydrogen) atoms. The van der Waals surface area contributed by atoms with E-state index >= 15 is 0 Å². The number of fused-ring (bicyclic) bond motifs is 1. The van der Waals surface area contributed by atoms with E-state index in [-0.39, 0.29) is 5.91 Å². The zero-order chi connectivity index (χ0) is 17.8. The number of rotatable bonds is 6. The van der Waals surface area contributed by atoms with Crippen LogP contribution in [-0.2, 0) is 0 Å². The van der Waals surface area contributed by atoms with Crippen molar-refractivity contribution in [3.05, 3.63) is 78.6 Å². The van der Waals surface area contributed by atoms with E-state index in [0.717, 1.165) is 21.0 Å². The highest BCUT2D eigenvalue weighted by atomic mass is 32.1. The molecule has 4 aromatic rings. The van der Waals surface area contributed by atoms with Crippen LogP contribution >= 0.6 is 11.3 Å². The summed E-state index contributed by atoms with van der Waals surface area (Å²) in [5.74, 6) is -0.0739. The normalized spacial score (nSPS) is 10.8. The summed E-state index contributed by atoms with van der Waals surface area (Å²) in [6.45, 7) is 1.17. The van der Waals surface area contributed by atoms with Crippen molar-refractivity contribution >= 4 is 32.6 Å². The molecule has 2 heterocycles. The summed E-state index contributed by atoms with van der Waals surface area (Å²) in [4.78, 5) is 16.7. The van der Waals surface area contributed by atoms with Crippen LogP contribution < -0.4 is 10.6 Å². The molecule has 0 radical (unpaired) electrons. The fourth-order valence-corrected chi connectivity index (χ4v) is 3.58. The molecule has 0 atom stereocenters. The molecule has 130 valence electrons. The maximum Gasteiger partial charge on any atom is 0.251 e. The monoisotopic (exact) mass is 362 g/mol. The number of para-hydroxylation sites is 1. The summed E-state index contributed by atoms with van der Waals surface area (Å²) < 4.78 is 3.16. The average Bonchev–Trinajstić information content (AvgIpc) is 3.34. The van der Waals surface area contributed by atoms with Crippen LogP contribution in [0.2, 0.25) is 0 Å². The highest BCUT2D eigenvalue weighted by Gasteiger charge is 2.06. The first-order valence-electron chi connectivity index (χ1n) is 8.41. The Labute approximate surface area is 155 Å². The van der Waals surface area contributed by atoms with Crippen molar-refractivity contribution in [2.75, 3.05) is 18.4 Å². The third kappa shape index (κ3) is 3.60. The minimum Gasteiger partial charge on any atom is -0.360 e. The summed E-state index contributed by atoms with van der Waals surface area (Å²) in [5.41, 5.74) is 2.68. The van der Waals surface area contributed by atoms with E-state index < -0.39 is 0 Å². The van der Waals surface area contributed by atoms with Gasteiger partial charge in [0.1, 0.15) is 0 Å². The van der Waals surface area contributed by atoms with E-state index in [9.17, 15) is 4.79 Å². The van der Waals surface area contributed by atoms with Crippen LogP contribution in [0.1, 0.15) is 10.4 Å². The number of carbonyl (C=O) groups excluding carboxylic acids is 1. The van der Waals surface area contributed by atoms with Crippen LogP contribution in [0.5, 0.6) is 0 Å². The van der Waals surface area contributed by atoms with Gasteiger partial charge < -0.3 is 15.2 Å². The lowest BCUT2D eigenvalue weighted by Crippen LogP contribution is -2.28. The number of nitrogens with one attached hydrogen (secondary N) is 2. The predicted octanol–water partition coefficient (Wildman–Crippen LogP) is 3.93. The van der Waals surface area contributed by atoms with Gasteiger partial charge in [-0.15, -0.1) is 0 Å². The van der Waals surface area contributed by atoms with Crippen molar-refractivity contribution in [3.8, 4) is 5.69 Å². The molecular weight excluding hydrogens is 344 g/mol. The third-order valence-electron chi connectivity index (χ3n) is 4.01. The number of amides is 1. The molecule has 0 saturated heterocycles. The van der Waals surface area contributed by atoms with E-state index in [2.05, 4.69) is 21.7 Å². The number of benzene rings is 2. The molecule has 6 heteroatoms. The van der Waals surface area contributed by atoms with Crippen molar-refractivity contribution in [3.63, 3.8) is 0 Å². The Morgan fingerprint density at radius 1 is 0.962 bits per heavy atom. The van der Waals surface area contributed by atoms with Crippen LogP contribution in [0.4, 0.5) is 5.13 Å². The van der Waals surface area contributed by atoms with Crippen LogP contribution in [0.3, 0.4) is 0 Å². The number of hydrogen-bond donors (Lipinski definition) is 2. The van der Waals surface area contributed by atoms with Gasteiger partial charge in [0.05, 0.1) is 10.2 Å². The fourth-order valence-electron chi connectivity index (χ4n) is 2.69. The molecule has 0 saturated carbocycles. The molecular formula is C20H18N4OS. The Morgan fingerprint density at radius 2 is 1.73 bits per heavy atom. The molecule has 0 bridgehead atoms. The Balaban J connectivity index is 1.28. The van der Waals surface area contributed by atoms with E-state index in [4.69, 9.17) is 0 Å². The highest BCUT2D eigenvalue weighted by Crippen LogP contribution is 2.24. The summed E-state index contributed by atoms with van der Waals surface area (Å²) in [6, 6.07) is 19.5. The molecule has 2 aromatic heterocycles. The van der Waals surface area contributed by atoms with E-state index in [1.807, 2.05) is 71.6 Å². The molecule has 0 aliphatic rings. The number of carbonyl (C=O) groups is 1. The first-order valence-corrected chi connectivity index (χ1v) is 9.22. The summed E-state index contributed by atoms with van der Waals surface area (Å²) >= 11 is 1.62. The van der Waals surface area contributed by atoms with E-state index in [1.54, 1.807) is 11.3 Å². The summed E-state index contributed by atoms with van der Waals surface area (Å²) in [7, 11) is 0. The zero-order valence-electron chi connectivity index (χ0n) is 14.1. The van der Waals surface area contributed by atoms with Crippen LogP contribution in [-0.4, -0.2) is 28.5 Å². The van der Waals surface area contributed by atoms with Gasteiger partial charge in [-0.05, 0) is 48.5 Å². The highest BCUT2D eigenvalue weighted by molar-refractivity contribution is 7.22. The summed E-state index contributed by atoms with van der Waals surface area (Å²) in [5, 5.41) is 7.06. The molecule has 0 aliphatic carbocycles. The first-order chi connectivity index (χ1) is 12.8. The smallest absolute Gasteiger partial charge is 0.251 e. The quantitative estimate of drug-likeness (QED) is 0.511. The van der Waals surface area contributed by atoms with E-state index in [1.165, 1.54) is 0 Å². The Bertz CT molecular complexity index is 973. The van der Waals surface area contributed by atoms with Gasteiger partial charge >= 0.3 is 0 Å². The van der Waals surface area contributed by atoms with Gasteiger partial charge in [-0.1, -0.05) is 23.5 Å². The maximum absolute atomic E-state index is 12.2. The van der Waals surface area contributed by atoms with Crippen molar-refractivity contribution in [2.45, 2.75) is 0 Å². The number of hydrogen-bond acceptors (Lipinski definition) is 4. The molecule has 5 nitrogen and oxygen atoms in total. The van der Waals surface area contributed by atoms with Crippen molar-refractivity contribution < 1.29 is 4.79 Å². The largest absolute Gasteiger partial charge is 0.360 e. The minimum absolute atomic E-state index is 0.0739. The summed E-state index contributed by atoms with van der Waals surface area (Å²) in [6.07, 6.45) is 3.95. The van der Waals surface area contributed by atoms with Gasteiger partial charge in [0, 0.05) is 36.7 Å². The van der Waals surface area contributed by atoms with Crippen LogP contribution in [0, 0.1) is 0 Å². The molecule has 0 fully saturated rings. The average molecular weight is 362 g/mol. The molecule has 1 amide bonds. The molecule has 2 aromatic carbocycles. The predicted molar refractivity (Wildman–Crippen MR) is 106 cm³/mol. The van der Waals surface area contributed by atoms with Gasteiger partial charge in [0.2, 0.25) is 0 Å². The topological polar surface area (TPSA) is 59.0 Å². The molecule has 2 N–H and O–H groups in total. The molecule has 0 aliphatic heterocycles. The first kappa shape index (κ1) is 16.4. The molecule has 0 spiro atoms. The van der Waals surface area contributed by atoms with Gasteiger partial charge in [0.15, 0.2) is 5.13 Å². The van der Waals surface area contributed by atoms with Crippen molar-refractivity contribution in [2.24, 2.45) is 0 Å². The minimum atomic E-state index is -0.0739. The fraction of sp³-hybridized carbons (Fsp3) is 0.100. The van der Waals surface area contributed by atoms with Gasteiger partial charge in [-0.2, -0.15) is 0 Å². The second-order valence-electron chi connectivity index (χ2n) is 5.81. The second kappa shape index (κ2) is 7.41. The number of nitrogens with zero attached hydrogens (tertiary/aromatic N) is 2. The number of anilines is 1. The maximum atomic E-state index is 12.2. The van der Waals surface area contributed by atoms with Gasteiger partial charge in [0.25, 0.3) is 5.91 Å². The van der Waals surface area contributed by atoms with Crippen LogP contribution in [0.25, 0.3) is 15.9 Å².